The lowest BCUT2D eigenvalue weighted by molar-refractivity contribution is 0.0506. The van der Waals surface area contributed by atoms with E-state index in [1.165, 1.54) is 10.4 Å². The number of aryl methyl sites for hydroxylation is 1. The number of rotatable bonds is 6. The predicted octanol–water partition coefficient (Wildman–Crippen LogP) is 1.55. The molecular formula is C16H24N4OS. The van der Waals surface area contributed by atoms with E-state index in [9.17, 15) is 5.11 Å². The molecule has 0 spiro atoms. The first-order chi connectivity index (χ1) is 10.7. The molecule has 3 heterocycles. The number of hydrogen-bond donors (Lipinski definition) is 1. The van der Waals surface area contributed by atoms with E-state index in [1.54, 1.807) is 0 Å². The largest absolute Gasteiger partial charge is 0.396 e. The monoisotopic (exact) mass is 320 g/mol. The second kappa shape index (κ2) is 7.37. The molecule has 2 aromatic heterocycles. The minimum atomic E-state index is 0.256. The zero-order chi connectivity index (χ0) is 15.4. The summed E-state index contributed by atoms with van der Waals surface area (Å²) in [4.78, 5) is 6.40. The van der Waals surface area contributed by atoms with Crippen LogP contribution in [0.15, 0.2) is 29.9 Å². The average molecular weight is 320 g/mol. The Labute approximate surface area is 135 Å². The summed E-state index contributed by atoms with van der Waals surface area (Å²) in [6.07, 6.45) is 4.87. The Morgan fingerprint density at radius 1 is 1.36 bits per heavy atom. The molecule has 0 radical (unpaired) electrons. The van der Waals surface area contributed by atoms with E-state index in [4.69, 9.17) is 0 Å². The van der Waals surface area contributed by atoms with Crippen LogP contribution < -0.4 is 0 Å². The van der Waals surface area contributed by atoms with Gasteiger partial charge in [0.15, 0.2) is 0 Å². The van der Waals surface area contributed by atoms with Crippen molar-refractivity contribution in [3.8, 4) is 0 Å². The van der Waals surface area contributed by atoms with Gasteiger partial charge in [0.1, 0.15) is 0 Å². The van der Waals surface area contributed by atoms with Gasteiger partial charge in [0.05, 0.1) is 6.20 Å². The van der Waals surface area contributed by atoms with Crippen LogP contribution in [-0.4, -0.2) is 57.0 Å². The molecule has 0 amide bonds. The first-order valence-corrected chi connectivity index (χ1v) is 8.69. The summed E-state index contributed by atoms with van der Waals surface area (Å²) in [7, 11) is 1.96. The molecule has 1 aliphatic heterocycles. The van der Waals surface area contributed by atoms with E-state index in [0.29, 0.717) is 6.04 Å². The van der Waals surface area contributed by atoms with Crippen molar-refractivity contribution in [3.05, 3.63) is 40.3 Å². The quantitative estimate of drug-likeness (QED) is 0.877. The predicted molar refractivity (Wildman–Crippen MR) is 88.7 cm³/mol. The Bertz CT molecular complexity index is 568. The third kappa shape index (κ3) is 3.95. The van der Waals surface area contributed by atoms with E-state index in [2.05, 4.69) is 38.6 Å². The van der Waals surface area contributed by atoms with E-state index in [-0.39, 0.29) is 6.61 Å². The Kier molecular flexibility index (Phi) is 5.25. The molecule has 1 aliphatic rings. The molecule has 0 aliphatic carbocycles. The lowest BCUT2D eigenvalue weighted by Crippen LogP contribution is -2.52. The van der Waals surface area contributed by atoms with Crippen molar-refractivity contribution in [1.29, 1.82) is 0 Å². The maximum atomic E-state index is 9.39. The van der Waals surface area contributed by atoms with Gasteiger partial charge in [0.25, 0.3) is 0 Å². The van der Waals surface area contributed by atoms with Crippen LogP contribution >= 0.6 is 11.3 Å². The summed E-state index contributed by atoms with van der Waals surface area (Å²) in [5.74, 6) is 0. The van der Waals surface area contributed by atoms with Crippen LogP contribution in [0.2, 0.25) is 0 Å². The first-order valence-electron chi connectivity index (χ1n) is 7.82. The number of nitrogens with zero attached hydrogens (tertiary/aromatic N) is 4. The molecule has 1 saturated heterocycles. The molecule has 120 valence electrons. The molecule has 1 N–H and O–H groups in total. The highest BCUT2D eigenvalue weighted by atomic mass is 32.1. The highest BCUT2D eigenvalue weighted by molar-refractivity contribution is 7.09. The van der Waals surface area contributed by atoms with Crippen LogP contribution in [0.5, 0.6) is 0 Å². The standard InChI is InChI=1S/C16H24N4OS/c1-18-10-14(9-17-18)11-19-5-6-20(15(12-19)4-7-21)13-16-3-2-8-22-16/h2-3,8-10,15,21H,4-7,11-13H2,1H3. The Hall–Kier alpha value is -1.21. The van der Waals surface area contributed by atoms with Gasteiger partial charge in [-0.2, -0.15) is 5.10 Å². The zero-order valence-corrected chi connectivity index (χ0v) is 13.9. The molecule has 5 nitrogen and oxygen atoms in total. The topological polar surface area (TPSA) is 44.5 Å². The van der Waals surface area contributed by atoms with Gasteiger partial charge in [0.2, 0.25) is 0 Å². The van der Waals surface area contributed by atoms with Crippen LogP contribution in [-0.2, 0) is 20.1 Å². The number of thiophene rings is 1. The van der Waals surface area contributed by atoms with Crippen molar-refractivity contribution >= 4 is 11.3 Å². The van der Waals surface area contributed by atoms with Crippen molar-refractivity contribution in [2.45, 2.75) is 25.6 Å². The van der Waals surface area contributed by atoms with Gasteiger partial charge in [-0.15, -0.1) is 11.3 Å². The molecule has 6 heteroatoms. The molecule has 1 atom stereocenters. The minimum absolute atomic E-state index is 0.256. The summed E-state index contributed by atoms with van der Waals surface area (Å²) in [5.41, 5.74) is 1.26. The normalized spacial score (nSPS) is 20.5. The Morgan fingerprint density at radius 2 is 2.27 bits per heavy atom. The molecule has 0 aromatic carbocycles. The molecule has 2 aromatic rings. The number of aliphatic hydroxyl groups is 1. The summed E-state index contributed by atoms with van der Waals surface area (Å²) in [6.45, 7) is 5.35. The smallest absolute Gasteiger partial charge is 0.0534 e. The Morgan fingerprint density at radius 3 is 2.95 bits per heavy atom. The van der Waals surface area contributed by atoms with E-state index in [1.807, 2.05) is 29.3 Å². The number of hydrogen-bond acceptors (Lipinski definition) is 5. The van der Waals surface area contributed by atoms with Crippen LogP contribution in [0.3, 0.4) is 0 Å². The maximum absolute atomic E-state index is 9.39. The lowest BCUT2D eigenvalue weighted by Gasteiger charge is -2.41. The van der Waals surface area contributed by atoms with Gasteiger partial charge in [-0.1, -0.05) is 6.07 Å². The summed E-state index contributed by atoms with van der Waals surface area (Å²) in [6, 6.07) is 4.74. The minimum Gasteiger partial charge on any atom is -0.396 e. The van der Waals surface area contributed by atoms with E-state index >= 15 is 0 Å². The fourth-order valence-corrected chi connectivity index (χ4v) is 3.88. The zero-order valence-electron chi connectivity index (χ0n) is 13.1. The second-order valence-electron chi connectivity index (χ2n) is 5.97. The highest BCUT2D eigenvalue weighted by Gasteiger charge is 2.26. The maximum Gasteiger partial charge on any atom is 0.0534 e. The molecule has 1 fully saturated rings. The summed E-state index contributed by atoms with van der Waals surface area (Å²) in [5, 5.41) is 15.8. The van der Waals surface area contributed by atoms with Crippen LogP contribution in [0.1, 0.15) is 16.9 Å². The number of aromatic nitrogens is 2. The van der Waals surface area contributed by atoms with Gasteiger partial charge < -0.3 is 5.11 Å². The SMILES string of the molecule is Cn1cc(CN2CCN(Cc3cccs3)C(CCO)C2)cn1. The Balaban J connectivity index is 1.60. The van der Waals surface area contributed by atoms with Crippen LogP contribution in [0.25, 0.3) is 0 Å². The highest BCUT2D eigenvalue weighted by Crippen LogP contribution is 2.20. The molecule has 3 rings (SSSR count). The lowest BCUT2D eigenvalue weighted by atomic mass is 10.1. The number of aliphatic hydroxyl groups excluding tert-OH is 1. The van der Waals surface area contributed by atoms with Gasteiger partial charge in [-0.05, 0) is 17.9 Å². The van der Waals surface area contributed by atoms with Crippen molar-refractivity contribution in [2.75, 3.05) is 26.2 Å². The fraction of sp³-hybridized carbons (Fsp3) is 0.562. The fourth-order valence-electron chi connectivity index (χ4n) is 3.15. The molecule has 0 saturated carbocycles. The molecule has 0 bridgehead atoms. The van der Waals surface area contributed by atoms with Gasteiger partial charge in [0, 0.05) is 69.1 Å². The summed E-state index contributed by atoms with van der Waals surface area (Å²) < 4.78 is 1.85. The van der Waals surface area contributed by atoms with Gasteiger partial charge in [-0.3, -0.25) is 14.5 Å². The number of piperazine rings is 1. The first kappa shape index (κ1) is 15.7. The third-order valence-corrected chi connectivity index (χ3v) is 5.12. The molecular weight excluding hydrogens is 296 g/mol. The van der Waals surface area contributed by atoms with Gasteiger partial charge >= 0.3 is 0 Å². The van der Waals surface area contributed by atoms with E-state index in [0.717, 1.165) is 39.1 Å². The van der Waals surface area contributed by atoms with Crippen molar-refractivity contribution < 1.29 is 5.11 Å². The average Bonchev–Trinajstić information content (AvgIpc) is 3.14. The van der Waals surface area contributed by atoms with Gasteiger partial charge in [-0.25, -0.2) is 0 Å². The third-order valence-electron chi connectivity index (χ3n) is 4.25. The van der Waals surface area contributed by atoms with Crippen LogP contribution in [0.4, 0.5) is 0 Å². The van der Waals surface area contributed by atoms with Crippen LogP contribution in [0, 0.1) is 0 Å². The van der Waals surface area contributed by atoms with Crippen molar-refractivity contribution in [1.82, 2.24) is 19.6 Å². The molecule has 1 unspecified atom stereocenters. The second-order valence-corrected chi connectivity index (χ2v) is 7.01. The summed E-state index contributed by atoms with van der Waals surface area (Å²) >= 11 is 1.81. The van der Waals surface area contributed by atoms with Crippen molar-refractivity contribution in [3.63, 3.8) is 0 Å². The van der Waals surface area contributed by atoms with Crippen molar-refractivity contribution in [2.24, 2.45) is 7.05 Å². The van der Waals surface area contributed by atoms with E-state index < -0.39 is 0 Å². The molecule has 22 heavy (non-hydrogen) atoms.